The Hall–Kier alpha value is -6.52. The molecule has 0 unspecified atom stereocenters. The first-order valence-corrected chi connectivity index (χ1v) is 17.1. The van der Waals surface area contributed by atoms with Crippen molar-refractivity contribution < 1.29 is 9.59 Å². The second-order valence-corrected chi connectivity index (χ2v) is 13.1. The van der Waals surface area contributed by atoms with Gasteiger partial charge in [0.15, 0.2) is 22.3 Å². The van der Waals surface area contributed by atoms with E-state index in [1.54, 1.807) is 7.05 Å². The molecule has 1 aliphatic rings. The summed E-state index contributed by atoms with van der Waals surface area (Å²) in [6.45, 7) is 3.95. The molecule has 0 saturated carbocycles. The van der Waals surface area contributed by atoms with Gasteiger partial charge in [0.2, 0.25) is 11.8 Å². The lowest BCUT2D eigenvalue weighted by Gasteiger charge is -2.28. The third-order valence-electron chi connectivity index (χ3n) is 9.27. The number of rotatable bonds is 7. The Morgan fingerprint density at radius 3 is 1.45 bits per heavy atom. The van der Waals surface area contributed by atoms with Crippen LogP contribution in [0.25, 0.3) is 22.3 Å². The predicted molar refractivity (Wildman–Crippen MR) is 201 cm³/mol. The van der Waals surface area contributed by atoms with Gasteiger partial charge in [0.05, 0.1) is 12.7 Å². The molecule has 17 heteroatoms. The normalized spacial score (nSPS) is 12.8. The molecular weight excluding hydrogens is 682 g/mol. The minimum Gasteiger partial charge on any atom is -0.372 e. The van der Waals surface area contributed by atoms with Crippen LogP contribution < -0.4 is 38.0 Å². The molecule has 7 rings (SSSR count). The molecule has 6 aromatic rings. The average Bonchev–Trinajstić information content (AvgIpc) is 3.77. The van der Waals surface area contributed by atoms with Crippen molar-refractivity contribution in [2.75, 3.05) is 28.6 Å². The van der Waals surface area contributed by atoms with Crippen LogP contribution in [0.3, 0.4) is 0 Å². The molecule has 276 valence electrons. The van der Waals surface area contributed by atoms with Gasteiger partial charge in [-0.05, 0) is 62.6 Å². The van der Waals surface area contributed by atoms with E-state index in [0.29, 0.717) is 11.4 Å². The quantitative estimate of drug-likeness (QED) is 0.246. The van der Waals surface area contributed by atoms with Crippen molar-refractivity contribution in [2.45, 2.75) is 39.3 Å². The molecule has 0 radical (unpaired) electrons. The minimum absolute atomic E-state index is 0.0716. The largest absolute Gasteiger partial charge is 0.372 e. The summed E-state index contributed by atoms with van der Waals surface area (Å²) in [6, 6.07) is 15.2. The zero-order chi connectivity index (χ0) is 38.0. The van der Waals surface area contributed by atoms with E-state index in [1.807, 2.05) is 55.5 Å². The van der Waals surface area contributed by atoms with Gasteiger partial charge in [0.25, 0.3) is 11.1 Å². The van der Waals surface area contributed by atoms with Crippen molar-refractivity contribution in [3.8, 4) is 0 Å². The smallest absolute Gasteiger partial charge is 0.332 e. The van der Waals surface area contributed by atoms with Crippen molar-refractivity contribution >= 4 is 51.2 Å². The lowest BCUT2D eigenvalue weighted by molar-refractivity contribution is -0.117. The molecule has 1 saturated heterocycles. The summed E-state index contributed by atoms with van der Waals surface area (Å²) in [6.07, 6.45) is 6.50. The van der Waals surface area contributed by atoms with Crippen LogP contribution >= 0.6 is 0 Å². The van der Waals surface area contributed by atoms with Gasteiger partial charge in [-0.25, -0.2) is 19.6 Å². The minimum atomic E-state index is -0.478. The van der Waals surface area contributed by atoms with Gasteiger partial charge in [-0.15, -0.1) is 0 Å². The van der Waals surface area contributed by atoms with Crippen molar-refractivity contribution in [2.24, 2.45) is 28.2 Å². The van der Waals surface area contributed by atoms with Gasteiger partial charge in [0.1, 0.15) is 13.1 Å². The number of aromatic nitrogens is 8. The summed E-state index contributed by atoms with van der Waals surface area (Å²) >= 11 is 0. The highest BCUT2D eigenvalue weighted by Crippen LogP contribution is 2.22. The summed E-state index contributed by atoms with van der Waals surface area (Å²) in [5, 5.41) is 5.62. The number of aryl methyl sites for hydroxylation is 3. The van der Waals surface area contributed by atoms with Crippen LogP contribution in [0.1, 0.15) is 24.8 Å². The highest BCUT2D eigenvalue weighted by Gasteiger charge is 2.18. The highest BCUT2D eigenvalue weighted by molar-refractivity contribution is 5.92. The first-order chi connectivity index (χ1) is 25.3. The third-order valence-corrected chi connectivity index (χ3v) is 9.27. The molecule has 0 spiro atoms. The number of nitrogens with one attached hydrogen (secondary N) is 2. The van der Waals surface area contributed by atoms with Crippen LogP contribution in [0.5, 0.6) is 0 Å². The van der Waals surface area contributed by atoms with E-state index in [2.05, 4.69) is 25.5 Å². The average molecular weight is 724 g/mol. The number of nitrogens with zero attached hydrogens (tertiary/aromatic N) is 9. The third kappa shape index (κ3) is 7.44. The first-order valence-electron chi connectivity index (χ1n) is 17.1. The molecular formula is C36H41N11O6. The number of piperidine rings is 1. The van der Waals surface area contributed by atoms with Crippen LogP contribution in [0, 0.1) is 6.92 Å². The zero-order valence-electron chi connectivity index (χ0n) is 30.2. The Bertz CT molecular complexity index is 2560. The second kappa shape index (κ2) is 15.0. The number of amides is 2. The Labute approximate surface area is 302 Å². The summed E-state index contributed by atoms with van der Waals surface area (Å²) in [5.74, 6) is -0.556. The molecule has 17 nitrogen and oxygen atoms in total. The predicted octanol–water partition coefficient (Wildman–Crippen LogP) is 1.44. The standard InChI is InChI=1S/C20H24N6O3.C16H17N5O3/c1-23-18-17(19(28)24(2)20(23)29)26(13-21-18)12-16(27)22-14-6-8-15(9-7-14)25-10-4-3-5-11-25;1-10-4-6-11(7-5-10)18-12(22)8-21-9-17-14-13(21)15(23)20(3)16(24)19(14)2/h6-9,13H,3-5,10-12H2,1-2H3,(H,22,27);4-7,9H,8H2,1-3H3,(H,18,22). The van der Waals surface area contributed by atoms with Gasteiger partial charge in [-0.3, -0.25) is 37.4 Å². The van der Waals surface area contributed by atoms with Gasteiger partial charge < -0.3 is 24.7 Å². The van der Waals surface area contributed by atoms with Crippen molar-refractivity contribution in [3.05, 3.63) is 108 Å². The van der Waals surface area contributed by atoms with Crippen LogP contribution in [0.2, 0.25) is 0 Å². The van der Waals surface area contributed by atoms with Crippen molar-refractivity contribution in [3.63, 3.8) is 0 Å². The number of benzene rings is 2. The SMILES string of the molecule is Cc1ccc(NC(=O)Cn2cnc3c2c(=O)n(C)c(=O)n3C)cc1.Cn1c(=O)c2c(ncn2CC(=O)Nc2ccc(N3CCCCC3)cc2)n(C)c1=O. The van der Waals surface area contributed by atoms with E-state index in [4.69, 9.17) is 0 Å². The lowest BCUT2D eigenvalue weighted by Crippen LogP contribution is -2.37. The topological polar surface area (TPSA) is 185 Å². The van der Waals surface area contributed by atoms with E-state index in [-0.39, 0.29) is 47.2 Å². The number of anilines is 3. The molecule has 2 aromatic carbocycles. The fourth-order valence-corrected chi connectivity index (χ4v) is 6.29. The van der Waals surface area contributed by atoms with E-state index in [9.17, 15) is 28.8 Å². The Kier molecular flexibility index (Phi) is 10.3. The number of carbonyl (C=O) groups excluding carboxylic acids is 2. The Balaban J connectivity index is 0.000000185. The molecule has 53 heavy (non-hydrogen) atoms. The Morgan fingerprint density at radius 2 is 1.02 bits per heavy atom. The summed E-state index contributed by atoms with van der Waals surface area (Å²) in [7, 11) is 5.89. The summed E-state index contributed by atoms with van der Waals surface area (Å²) in [5.41, 5.74) is 2.73. The first kappa shape index (κ1) is 36.3. The highest BCUT2D eigenvalue weighted by atomic mass is 16.2. The van der Waals surface area contributed by atoms with Crippen LogP contribution in [0.4, 0.5) is 17.1 Å². The lowest BCUT2D eigenvalue weighted by atomic mass is 10.1. The molecule has 2 amide bonds. The van der Waals surface area contributed by atoms with Crippen molar-refractivity contribution in [1.29, 1.82) is 0 Å². The number of hydrogen-bond acceptors (Lipinski definition) is 9. The maximum absolute atomic E-state index is 12.5. The second-order valence-electron chi connectivity index (χ2n) is 13.1. The molecule has 1 aliphatic heterocycles. The molecule has 0 bridgehead atoms. The number of fused-ring (bicyclic) bond motifs is 2. The molecule has 4 aromatic heterocycles. The molecule has 0 atom stereocenters. The Morgan fingerprint density at radius 1 is 0.604 bits per heavy atom. The van der Waals surface area contributed by atoms with Gasteiger partial charge in [-0.1, -0.05) is 17.7 Å². The van der Waals surface area contributed by atoms with Gasteiger partial charge in [0, 0.05) is 58.3 Å². The fourth-order valence-electron chi connectivity index (χ4n) is 6.29. The molecule has 2 N–H and O–H groups in total. The molecule has 1 fully saturated rings. The van der Waals surface area contributed by atoms with E-state index >= 15 is 0 Å². The van der Waals surface area contributed by atoms with Crippen LogP contribution in [-0.4, -0.2) is 62.3 Å². The van der Waals surface area contributed by atoms with Crippen LogP contribution in [-0.2, 0) is 50.9 Å². The molecule has 0 aliphatic carbocycles. The monoisotopic (exact) mass is 723 g/mol. The fraction of sp³-hybridized carbons (Fsp3) is 0.333. The number of carbonyl (C=O) groups is 2. The number of imidazole rings is 2. The summed E-state index contributed by atoms with van der Waals surface area (Å²) in [4.78, 5) is 84.0. The van der Waals surface area contributed by atoms with E-state index < -0.39 is 22.5 Å². The maximum Gasteiger partial charge on any atom is 0.332 e. The molecule has 5 heterocycles. The van der Waals surface area contributed by atoms with Gasteiger partial charge in [-0.2, -0.15) is 0 Å². The van der Waals surface area contributed by atoms with Crippen molar-refractivity contribution in [1.82, 2.24) is 37.4 Å². The zero-order valence-corrected chi connectivity index (χ0v) is 30.2. The van der Waals surface area contributed by atoms with E-state index in [1.165, 1.54) is 71.3 Å². The number of hydrogen-bond donors (Lipinski definition) is 2. The summed E-state index contributed by atoms with van der Waals surface area (Å²) < 4.78 is 7.50. The van der Waals surface area contributed by atoms with Gasteiger partial charge >= 0.3 is 11.4 Å². The maximum atomic E-state index is 12.5. The van der Waals surface area contributed by atoms with E-state index in [0.717, 1.165) is 33.5 Å². The van der Waals surface area contributed by atoms with Crippen LogP contribution in [0.15, 0.2) is 80.4 Å².